The zero-order chi connectivity index (χ0) is 32.9. The number of nitrogens with zero attached hydrogens (tertiary/aromatic N) is 7. The van der Waals surface area contributed by atoms with Crippen LogP contribution in [-0.2, 0) is 40.0 Å². The number of anilines is 2. The third kappa shape index (κ3) is 8.46. The van der Waals surface area contributed by atoms with E-state index in [1.165, 1.54) is 27.7 Å². The monoisotopic (exact) mass is 893 g/mol. The number of carbonyl (C=O) groups is 1. The van der Waals surface area contributed by atoms with Crippen molar-refractivity contribution in [2.45, 2.75) is 32.9 Å². The number of carbonyl (C=O) groups excluding carboxylic acids is 1. The minimum absolute atomic E-state index is 0. The summed E-state index contributed by atoms with van der Waals surface area (Å²) in [6, 6.07) is 16.8. The third-order valence-corrected chi connectivity index (χ3v) is 10.6. The zero-order valence-electron chi connectivity index (χ0n) is 28.0. The first kappa shape index (κ1) is 36.2. The number of aromatic nitrogens is 3. The SMILES string of the molecule is Cc1ccc2c(ccn2[SH-]#P)c1N1CCc2c(nc(OCCCN3CCOCC3)nc2N2CCN(C(=O)OCc3ccccc3)CC2)C1.[Tl]. The summed E-state index contributed by atoms with van der Waals surface area (Å²) in [5, 5.41) is 1.23. The molecule has 7 rings (SSSR count). The van der Waals surface area contributed by atoms with Crippen molar-refractivity contribution in [3.05, 3.63) is 77.1 Å². The van der Waals surface area contributed by atoms with Crippen LogP contribution in [-0.4, -0.2) is 129 Å². The molecule has 1 amide bonds. The quantitative estimate of drug-likeness (QED) is 0.0800. The van der Waals surface area contributed by atoms with Gasteiger partial charge in [-0.3, -0.25) is 4.90 Å². The fraction of sp³-hybridized carbons (Fsp3) is 0.457. The first-order chi connectivity index (χ1) is 23.6. The summed E-state index contributed by atoms with van der Waals surface area (Å²) in [7, 11) is 5.40. The Labute approximate surface area is 313 Å². The van der Waals surface area contributed by atoms with Crippen molar-refractivity contribution in [3.63, 3.8) is 0 Å². The number of hydrogen-bond acceptors (Lipinski definition) is 10. The van der Waals surface area contributed by atoms with E-state index < -0.39 is 0 Å². The molecule has 2 aromatic carbocycles. The molecule has 2 fully saturated rings. The average molecular weight is 893 g/mol. The summed E-state index contributed by atoms with van der Waals surface area (Å²) >= 11 is 0. The number of benzene rings is 2. The number of piperazine rings is 1. The second kappa shape index (κ2) is 17.0. The van der Waals surface area contributed by atoms with Gasteiger partial charge in [0, 0.05) is 60.0 Å². The minimum atomic E-state index is -0.279. The van der Waals surface area contributed by atoms with Crippen LogP contribution in [0.25, 0.3) is 10.9 Å². The van der Waals surface area contributed by atoms with E-state index >= 15 is 0 Å². The topological polar surface area (TPSA) is 88.4 Å². The second-order valence-electron chi connectivity index (χ2n) is 12.5. The molecule has 0 unspecified atom stereocenters. The van der Waals surface area contributed by atoms with E-state index in [1.54, 1.807) is 4.90 Å². The van der Waals surface area contributed by atoms with Gasteiger partial charge in [-0.05, 0) is 12.0 Å². The molecule has 0 spiro atoms. The fourth-order valence-corrected chi connectivity index (χ4v) is 7.75. The maximum Gasteiger partial charge on any atom is 0 e. The normalized spacial score (nSPS) is 16.7. The Hall–Kier alpha value is -2.65. The second-order valence-corrected chi connectivity index (χ2v) is 13.7. The van der Waals surface area contributed by atoms with E-state index in [9.17, 15) is 4.79 Å². The summed E-state index contributed by atoms with van der Waals surface area (Å²) in [6.07, 6.45) is 3.54. The molecule has 5 heterocycles. The maximum atomic E-state index is 12.9. The van der Waals surface area contributed by atoms with Gasteiger partial charge in [-0.25, -0.2) is 4.79 Å². The van der Waals surface area contributed by atoms with Crippen LogP contribution >= 0.6 is 7.81 Å². The van der Waals surface area contributed by atoms with Crippen molar-refractivity contribution < 1.29 is 19.0 Å². The predicted octanol–water partition coefficient (Wildman–Crippen LogP) is 4.39. The summed E-state index contributed by atoms with van der Waals surface area (Å²) in [4.78, 5) is 31.9. The Kier molecular flexibility index (Phi) is 12.6. The van der Waals surface area contributed by atoms with Gasteiger partial charge in [-0.2, -0.15) is 0 Å². The Morgan fingerprint density at radius 1 is 0.959 bits per heavy atom. The molecule has 11 nitrogen and oxygen atoms in total. The van der Waals surface area contributed by atoms with Crippen LogP contribution in [0.3, 0.4) is 0 Å². The van der Waals surface area contributed by atoms with Crippen LogP contribution in [0.1, 0.15) is 28.8 Å². The third-order valence-electron chi connectivity index (χ3n) is 9.46. The van der Waals surface area contributed by atoms with Gasteiger partial charge >= 0.3 is 169 Å². The molecule has 3 aliphatic heterocycles. The van der Waals surface area contributed by atoms with E-state index in [0.29, 0.717) is 45.3 Å². The number of rotatable bonds is 9. The van der Waals surface area contributed by atoms with Crippen LogP contribution in [0, 0.1) is 6.92 Å². The molecule has 0 saturated carbocycles. The van der Waals surface area contributed by atoms with E-state index in [4.69, 9.17) is 24.2 Å². The number of aryl methyl sites for hydroxylation is 1. The molecular weight excluding hydrogens is 850 g/mol. The first-order valence-corrected chi connectivity index (χ1v) is 18.8. The molecule has 1 radical (unpaired) electrons. The largest absolute Gasteiger partial charge is 0 e. The molecule has 2 aromatic heterocycles. The van der Waals surface area contributed by atoms with Gasteiger partial charge in [0.2, 0.25) is 0 Å². The van der Waals surface area contributed by atoms with Gasteiger partial charge in [0.25, 0.3) is 0 Å². The van der Waals surface area contributed by atoms with E-state index in [-0.39, 0.29) is 40.0 Å². The van der Waals surface area contributed by atoms with Crippen molar-refractivity contribution in [2.24, 2.45) is 0 Å². The number of hydrogen-bond donors (Lipinski definition) is 0. The van der Waals surface area contributed by atoms with E-state index in [2.05, 4.69) is 57.8 Å². The smallest absolute Gasteiger partial charge is 0 e. The number of morpholine rings is 1. The maximum absolute atomic E-state index is 12.9. The van der Waals surface area contributed by atoms with Gasteiger partial charge in [0.15, 0.2) is 0 Å². The minimum Gasteiger partial charge on any atom is 0 e. The van der Waals surface area contributed by atoms with Gasteiger partial charge in [0.05, 0.1) is 13.2 Å². The molecule has 4 aromatic rings. The predicted molar refractivity (Wildman–Crippen MR) is 198 cm³/mol. The van der Waals surface area contributed by atoms with Gasteiger partial charge in [-0.15, -0.1) is 0 Å². The Morgan fingerprint density at radius 2 is 1.76 bits per heavy atom. The van der Waals surface area contributed by atoms with Crippen molar-refractivity contribution in [3.8, 4) is 6.01 Å². The molecule has 0 aliphatic carbocycles. The van der Waals surface area contributed by atoms with Gasteiger partial charge < -0.3 is 14.4 Å². The van der Waals surface area contributed by atoms with Crippen LogP contribution < -0.4 is 14.5 Å². The van der Waals surface area contributed by atoms with Crippen LogP contribution in [0.5, 0.6) is 6.01 Å². The number of fused-ring (bicyclic) bond motifs is 2. The Bertz CT molecular complexity index is 1790. The molecule has 0 N–H and O–H groups in total. The van der Waals surface area contributed by atoms with E-state index in [0.717, 1.165) is 80.2 Å². The van der Waals surface area contributed by atoms with Crippen LogP contribution in [0.4, 0.5) is 16.3 Å². The van der Waals surface area contributed by atoms with Crippen LogP contribution in [0.15, 0.2) is 54.7 Å². The van der Waals surface area contributed by atoms with E-state index in [1.807, 2.05) is 30.3 Å². The first-order valence-electron chi connectivity index (χ1n) is 16.8. The molecule has 0 bridgehead atoms. The molecule has 0 atom stereocenters. The number of ether oxygens (including phenoxy) is 3. The summed E-state index contributed by atoms with van der Waals surface area (Å²) in [5.41, 5.74) is 6.80. The average Bonchev–Trinajstić information content (AvgIpc) is 3.56. The van der Waals surface area contributed by atoms with Crippen LogP contribution in [0.2, 0.25) is 0 Å². The molecule has 2 saturated heterocycles. The summed E-state index contributed by atoms with van der Waals surface area (Å²) in [5.74, 6) is 0.926. The molecule has 14 heteroatoms. The molecule has 257 valence electrons. The zero-order valence-corrected chi connectivity index (χ0v) is 34.3. The summed E-state index contributed by atoms with van der Waals surface area (Å²) in [6.45, 7) is 11.5. The molecule has 49 heavy (non-hydrogen) atoms. The van der Waals surface area contributed by atoms with Crippen molar-refractivity contribution >= 4 is 74.5 Å². The standard InChI is InChI=1S/C35H43N7O4PS.Tl/c1-26-8-9-31-29(11-14-42(31)48-47)32(26)41-13-10-28-30(24-41)36-34(45-21-5-12-38-19-22-44-23-20-38)37-33(28)39-15-17-40(18-16-39)35(43)46-25-27-6-3-2-4-7-27;/h2-4,6-9,11,14,48H,5,10,12-13,15-25H2,1H3;/q-1;. The molecular formula is C35H43N7O4PSTl-. The molecule has 3 aliphatic rings. The Morgan fingerprint density at radius 3 is 2.53 bits per heavy atom. The fourth-order valence-electron chi connectivity index (χ4n) is 6.89. The number of thiol groups is 1. The van der Waals surface area contributed by atoms with Gasteiger partial charge in [0.1, 0.15) is 6.61 Å². The van der Waals surface area contributed by atoms with Crippen molar-refractivity contribution in [1.82, 2.24) is 23.7 Å². The number of amides is 1. The van der Waals surface area contributed by atoms with Crippen molar-refractivity contribution in [1.29, 1.82) is 0 Å². The Balaban J connectivity index is 0.00000417. The summed E-state index contributed by atoms with van der Waals surface area (Å²) < 4.78 is 19.5. The van der Waals surface area contributed by atoms with Gasteiger partial charge in [-0.1, -0.05) is 30.3 Å². The van der Waals surface area contributed by atoms with Crippen molar-refractivity contribution in [2.75, 3.05) is 82.0 Å².